The lowest BCUT2D eigenvalue weighted by Gasteiger charge is -2.35. The SMILES string of the molecule is COc1ccc(-n2ccc(C(=O)NCC(N3CCNCC3)C(F)(F)F)n2)cc1. The van der Waals surface area contributed by atoms with E-state index in [1.54, 1.807) is 37.6 Å². The van der Waals surface area contributed by atoms with Crippen LogP contribution in [0.2, 0.25) is 0 Å². The number of carbonyl (C=O) groups excluding carboxylic acids is 1. The van der Waals surface area contributed by atoms with Gasteiger partial charge in [0.15, 0.2) is 5.69 Å². The summed E-state index contributed by atoms with van der Waals surface area (Å²) >= 11 is 0. The van der Waals surface area contributed by atoms with Crippen molar-refractivity contribution in [3.63, 3.8) is 0 Å². The second-order valence-electron chi connectivity index (χ2n) is 6.40. The molecule has 0 radical (unpaired) electrons. The molecular weight excluding hydrogens is 375 g/mol. The molecule has 2 aromatic rings. The van der Waals surface area contributed by atoms with E-state index < -0.39 is 24.7 Å². The molecule has 2 N–H and O–H groups in total. The van der Waals surface area contributed by atoms with Gasteiger partial charge in [-0.15, -0.1) is 0 Å². The number of piperazine rings is 1. The van der Waals surface area contributed by atoms with E-state index in [4.69, 9.17) is 4.74 Å². The van der Waals surface area contributed by atoms with E-state index >= 15 is 0 Å². The lowest BCUT2D eigenvalue weighted by atomic mass is 10.2. The average Bonchev–Trinajstić information content (AvgIpc) is 3.18. The highest BCUT2D eigenvalue weighted by Crippen LogP contribution is 2.25. The Kier molecular flexibility index (Phi) is 6.20. The maximum Gasteiger partial charge on any atom is 0.405 e. The fourth-order valence-corrected chi connectivity index (χ4v) is 3.05. The molecule has 1 atom stereocenters. The number of methoxy groups -OCH3 is 1. The van der Waals surface area contributed by atoms with Crippen LogP contribution in [0.25, 0.3) is 5.69 Å². The summed E-state index contributed by atoms with van der Waals surface area (Å²) in [6, 6.07) is 6.76. The Morgan fingerprint density at radius 3 is 2.54 bits per heavy atom. The second-order valence-corrected chi connectivity index (χ2v) is 6.40. The van der Waals surface area contributed by atoms with Crippen LogP contribution in [0.3, 0.4) is 0 Å². The van der Waals surface area contributed by atoms with Gasteiger partial charge in [-0.05, 0) is 30.3 Å². The van der Waals surface area contributed by atoms with Gasteiger partial charge in [-0.1, -0.05) is 0 Å². The molecule has 0 bridgehead atoms. The Morgan fingerprint density at radius 2 is 1.93 bits per heavy atom. The molecule has 1 amide bonds. The Bertz CT molecular complexity index is 785. The van der Waals surface area contributed by atoms with Crippen LogP contribution in [0, 0.1) is 0 Å². The first kappa shape index (κ1) is 20.2. The number of nitrogens with one attached hydrogen (secondary N) is 2. The number of hydrogen-bond acceptors (Lipinski definition) is 5. The molecule has 1 aromatic carbocycles. The average molecular weight is 397 g/mol. The monoisotopic (exact) mass is 397 g/mol. The van der Waals surface area contributed by atoms with E-state index in [0.717, 1.165) is 0 Å². The van der Waals surface area contributed by atoms with Gasteiger partial charge in [-0.25, -0.2) is 4.68 Å². The molecule has 3 rings (SSSR count). The first-order chi connectivity index (χ1) is 13.4. The van der Waals surface area contributed by atoms with Gasteiger partial charge in [0.25, 0.3) is 5.91 Å². The summed E-state index contributed by atoms with van der Waals surface area (Å²) in [5, 5.41) is 9.54. The fourth-order valence-electron chi connectivity index (χ4n) is 3.05. The predicted octanol–water partition coefficient (Wildman–Crippen LogP) is 1.45. The molecule has 1 aliphatic rings. The van der Waals surface area contributed by atoms with Crippen LogP contribution >= 0.6 is 0 Å². The molecule has 1 unspecified atom stereocenters. The molecular formula is C18H22F3N5O2. The third-order valence-corrected chi connectivity index (χ3v) is 4.58. The van der Waals surface area contributed by atoms with Gasteiger partial charge in [0.1, 0.15) is 11.8 Å². The van der Waals surface area contributed by atoms with E-state index in [1.165, 1.54) is 15.6 Å². The first-order valence-corrected chi connectivity index (χ1v) is 8.88. The van der Waals surface area contributed by atoms with Crippen LogP contribution in [0.15, 0.2) is 36.5 Å². The summed E-state index contributed by atoms with van der Waals surface area (Å²) in [7, 11) is 1.56. The molecule has 7 nitrogen and oxygen atoms in total. The van der Waals surface area contributed by atoms with E-state index in [0.29, 0.717) is 24.5 Å². The third-order valence-electron chi connectivity index (χ3n) is 4.58. The molecule has 0 saturated carbocycles. The van der Waals surface area contributed by atoms with Crippen LogP contribution in [0.4, 0.5) is 13.2 Å². The number of hydrogen-bond donors (Lipinski definition) is 2. The zero-order valence-corrected chi connectivity index (χ0v) is 15.4. The number of benzene rings is 1. The summed E-state index contributed by atoms with van der Waals surface area (Å²) in [4.78, 5) is 13.6. The quantitative estimate of drug-likeness (QED) is 0.772. The molecule has 1 aromatic heterocycles. The summed E-state index contributed by atoms with van der Waals surface area (Å²) in [6.45, 7) is 1.04. The van der Waals surface area contributed by atoms with Crippen LogP contribution in [0.1, 0.15) is 10.5 Å². The molecule has 10 heteroatoms. The minimum atomic E-state index is -4.42. The van der Waals surface area contributed by atoms with Gasteiger partial charge in [0.2, 0.25) is 0 Å². The zero-order chi connectivity index (χ0) is 20.1. The number of carbonyl (C=O) groups is 1. The van der Waals surface area contributed by atoms with Gasteiger partial charge in [-0.3, -0.25) is 9.69 Å². The van der Waals surface area contributed by atoms with E-state index in [9.17, 15) is 18.0 Å². The number of alkyl halides is 3. The molecule has 152 valence electrons. The minimum absolute atomic E-state index is 0.0528. The number of aromatic nitrogens is 2. The number of nitrogens with zero attached hydrogens (tertiary/aromatic N) is 3. The van der Waals surface area contributed by atoms with Crippen LogP contribution in [-0.2, 0) is 0 Å². The second kappa shape index (κ2) is 8.61. The Morgan fingerprint density at radius 1 is 1.25 bits per heavy atom. The molecule has 1 fully saturated rings. The lowest BCUT2D eigenvalue weighted by Crippen LogP contribution is -2.57. The molecule has 1 saturated heterocycles. The standard InChI is InChI=1S/C18H22F3N5O2/c1-28-14-4-2-13(3-5-14)26-9-6-15(24-26)17(27)23-12-16(18(19,20)21)25-10-7-22-8-11-25/h2-6,9,16,22H,7-8,10-12H2,1H3,(H,23,27). The van der Waals surface area contributed by atoms with Crippen molar-refractivity contribution in [2.75, 3.05) is 39.8 Å². The highest BCUT2D eigenvalue weighted by molar-refractivity contribution is 5.92. The van der Waals surface area contributed by atoms with Gasteiger partial charge in [0.05, 0.1) is 12.8 Å². The topological polar surface area (TPSA) is 71.4 Å². The van der Waals surface area contributed by atoms with Gasteiger partial charge >= 0.3 is 6.18 Å². The van der Waals surface area contributed by atoms with Gasteiger partial charge in [-0.2, -0.15) is 18.3 Å². The smallest absolute Gasteiger partial charge is 0.405 e. The summed E-state index contributed by atoms with van der Waals surface area (Å²) in [6.07, 6.45) is -2.85. The van der Waals surface area contributed by atoms with Crippen molar-refractivity contribution < 1.29 is 22.7 Å². The summed E-state index contributed by atoms with van der Waals surface area (Å²) < 4.78 is 46.8. The van der Waals surface area contributed by atoms with Crippen molar-refractivity contribution in [1.82, 2.24) is 25.3 Å². The highest BCUT2D eigenvalue weighted by atomic mass is 19.4. The minimum Gasteiger partial charge on any atom is -0.497 e. The first-order valence-electron chi connectivity index (χ1n) is 8.88. The zero-order valence-electron chi connectivity index (χ0n) is 15.4. The van der Waals surface area contributed by atoms with Crippen LogP contribution in [-0.4, -0.2) is 72.6 Å². The van der Waals surface area contributed by atoms with Gasteiger partial charge in [0, 0.05) is 38.9 Å². The van der Waals surface area contributed by atoms with Crippen molar-refractivity contribution in [2.45, 2.75) is 12.2 Å². The molecule has 0 aliphatic carbocycles. The van der Waals surface area contributed by atoms with E-state index in [-0.39, 0.29) is 18.8 Å². The maximum absolute atomic E-state index is 13.4. The lowest BCUT2D eigenvalue weighted by molar-refractivity contribution is -0.183. The number of ether oxygens (including phenoxy) is 1. The molecule has 0 spiro atoms. The highest BCUT2D eigenvalue weighted by Gasteiger charge is 2.43. The Hall–Kier alpha value is -2.59. The molecule has 2 heterocycles. The van der Waals surface area contributed by atoms with Crippen molar-refractivity contribution in [3.05, 3.63) is 42.2 Å². The van der Waals surface area contributed by atoms with Gasteiger partial charge < -0.3 is 15.4 Å². The van der Waals surface area contributed by atoms with Crippen molar-refractivity contribution >= 4 is 5.91 Å². The third kappa shape index (κ3) is 4.82. The summed E-state index contributed by atoms with van der Waals surface area (Å²) in [5.74, 6) is 0.0385. The number of halogens is 3. The van der Waals surface area contributed by atoms with Crippen molar-refractivity contribution in [2.24, 2.45) is 0 Å². The van der Waals surface area contributed by atoms with E-state index in [1.807, 2.05) is 0 Å². The Balaban J connectivity index is 1.64. The molecule has 1 aliphatic heterocycles. The molecule has 28 heavy (non-hydrogen) atoms. The van der Waals surface area contributed by atoms with Crippen molar-refractivity contribution in [3.8, 4) is 11.4 Å². The van der Waals surface area contributed by atoms with Crippen molar-refractivity contribution in [1.29, 1.82) is 0 Å². The predicted molar refractivity (Wildman–Crippen MR) is 96.7 cm³/mol. The normalized spacial score (nSPS) is 16.6. The van der Waals surface area contributed by atoms with Crippen LogP contribution in [0.5, 0.6) is 5.75 Å². The van der Waals surface area contributed by atoms with E-state index in [2.05, 4.69) is 15.7 Å². The summed E-state index contributed by atoms with van der Waals surface area (Å²) in [5.41, 5.74) is 0.755. The van der Waals surface area contributed by atoms with Crippen LogP contribution < -0.4 is 15.4 Å². The maximum atomic E-state index is 13.4. The largest absolute Gasteiger partial charge is 0.497 e. The fraction of sp³-hybridized carbons (Fsp3) is 0.444. The number of rotatable bonds is 6. The Labute approximate surface area is 160 Å². The number of amides is 1.